The minimum Gasteiger partial charge on any atom is -0.507 e. The number of hydrogen-bond donors (Lipinski definition) is 3. The highest BCUT2D eigenvalue weighted by Gasteiger charge is 2.32. The summed E-state index contributed by atoms with van der Waals surface area (Å²) in [7, 11) is 0. The highest BCUT2D eigenvalue weighted by Crippen LogP contribution is 2.44. The molecule has 43 heavy (non-hydrogen) atoms. The van der Waals surface area contributed by atoms with Gasteiger partial charge in [0.15, 0.2) is 5.43 Å². The number of aromatic hydroxyl groups is 2. The lowest BCUT2D eigenvalue weighted by Crippen LogP contribution is -2.36. The van der Waals surface area contributed by atoms with Crippen molar-refractivity contribution in [1.29, 1.82) is 0 Å². The van der Waals surface area contributed by atoms with Crippen LogP contribution in [0.5, 0.6) is 11.5 Å². The van der Waals surface area contributed by atoms with Crippen molar-refractivity contribution in [1.82, 2.24) is 4.90 Å². The summed E-state index contributed by atoms with van der Waals surface area (Å²) >= 11 is 0. The number of nitrogens with zero attached hydrogens (tertiary/aromatic N) is 1. The average Bonchev–Trinajstić information content (AvgIpc) is 3.51. The van der Waals surface area contributed by atoms with Gasteiger partial charge in [-0.15, -0.1) is 0 Å². The number of benzene rings is 3. The lowest BCUT2D eigenvalue weighted by atomic mass is 9.89. The smallest absolute Gasteiger partial charge is 0.335 e. The number of amides is 1. The van der Waals surface area contributed by atoms with Crippen LogP contribution in [0.1, 0.15) is 53.3 Å². The zero-order valence-electron chi connectivity index (χ0n) is 23.2. The molecule has 1 atom stereocenters. The van der Waals surface area contributed by atoms with E-state index in [-0.39, 0.29) is 45.9 Å². The van der Waals surface area contributed by atoms with Gasteiger partial charge in [-0.2, -0.15) is 0 Å². The molecule has 1 fully saturated rings. The van der Waals surface area contributed by atoms with E-state index < -0.39 is 23.1 Å². The molecule has 9 heteroatoms. The second-order valence-corrected chi connectivity index (χ2v) is 10.7. The first-order valence-electron chi connectivity index (χ1n) is 14.1. The summed E-state index contributed by atoms with van der Waals surface area (Å²) in [6.45, 7) is 1.25. The molecule has 0 saturated carbocycles. The van der Waals surface area contributed by atoms with Crippen molar-refractivity contribution in [2.24, 2.45) is 0 Å². The number of piperidine rings is 1. The highest BCUT2D eigenvalue weighted by molar-refractivity contribution is 5.91. The molecule has 1 amide bonds. The third kappa shape index (κ3) is 5.49. The van der Waals surface area contributed by atoms with E-state index in [0.29, 0.717) is 35.7 Å². The molecule has 2 aromatic heterocycles. The minimum atomic E-state index is -1.05. The Balaban J connectivity index is 1.51. The van der Waals surface area contributed by atoms with E-state index >= 15 is 0 Å². The molecule has 0 unspecified atom stereocenters. The maximum absolute atomic E-state index is 13.6. The van der Waals surface area contributed by atoms with Crippen LogP contribution >= 0.6 is 0 Å². The Morgan fingerprint density at radius 1 is 0.791 bits per heavy atom. The molecule has 0 spiro atoms. The highest BCUT2D eigenvalue weighted by atomic mass is 16.4. The molecule has 0 radical (unpaired) electrons. The van der Waals surface area contributed by atoms with Crippen LogP contribution in [0.2, 0.25) is 0 Å². The second-order valence-electron chi connectivity index (χ2n) is 10.7. The zero-order chi connectivity index (χ0) is 30.1. The van der Waals surface area contributed by atoms with Gasteiger partial charge in [0.25, 0.3) is 0 Å². The van der Waals surface area contributed by atoms with Gasteiger partial charge in [-0.05, 0) is 43.5 Å². The number of carbonyl (C=O) groups is 2. The molecule has 0 aliphatic carbocycles. The number of carbonyl (C=O) groups excluding carboxylic acids is 1. The fourth-order valence-electron chi connectivity index (χ4n) is 5.67. The van der Waals surface area contributed by atoms with Crippen LogP contribution < -0.4 is 5.43 Å². The van der Waals surface area contributed by atoms with Crippen molar-refractivity contribution in [2.75, 3.05) is 13.1 Å². The quantitative estimate of drug-likeness (QED) is 0.202. The largest absolute Gasteiger partial charge is 0.507 e. The van der Waals surface area contributed by atoms with Crippen molar-refractivity contribution in [3.05, 3.63) is 106 Å². The Labute approximate surface area is 246 Å². The van der Waals surface area contributed by atoms with E-state index in [0.717, 1.165) is 25.3 Å². The first-order valence-corrected chi connectivity index (χ1v) is 14.1. The van der Waals surface area contributed by atoms with Crippen molar-refractivity contribution in [2.45, 2.75) is 31.6 Å². The average molecular weight is 580 g/mol. The third-order valence-corrected chi connectivity index (χ3v) is 7.88. The Morgan fingerprint density at radius 3 is 2.19 bits per heavy atom. The normalized spacial score (nSPS) is 14.1. The van der Waals surface area contributed by atoms with E-state index in [1.807, 2.05) is 6.07 Å². The van der Waals surface area contributed by atoms with Gasteiger partial charge in [0, 0.05) is 48.3 Å². The van der Waals surface area contributed by atoms with E-state index in [1.165, 1.54) is 18.2 Å². The molecule has 5 aromatic rings. The number of likely N-dealkylation sites (tertiary alicyclic amines) is 1. The zero-order valence-corrected chi connectivity index (χ0v) is 23.2. The van der Waals surface area contributed by atoms with Gasteiger partial charge in [-0.1, -0.05) is 42.5 Å². The van der Waals surface area contributed by atoms with Crippen LogP contribution in [0, 0.1) is 0 Å². The summed E-state index contributed by atoms with van der Waals surface area (Å²) in [6.07, 6.45) is 2.76. The third-order valence-electron chi connectivity index (χ3n) is 7.88. The van der Waals surface area contributed by atoms with Crippen LogP contribution in [0.3, 0.4) is 0 Å². The monoisotopic (exact) mass is 579 g/mol. The predicted molar refractivity (Wildman–Crippen MR) is 159 cm³/mol. The van der Waals surface area contributed by atoms with Crippen LogP contribution in [0.15, 0.2) is 92.5 Å². The molecule has 9 nitrogen and oxygen atoms in total. The van der Waals surface area contributed by atoms with Gasteiger partial charge in [0.05, 0.1) is 11.5 Å². The fourth-order valence-corrected chi connectivity index (χ4v) is 5.67. The molecule has 218 valence electrons. The van der Waals surface area contributed by atoms with Gasteiger partial charge in [0.2, 0.25) is 5.91 Å². The van der Waals surface area contributed by atoms with Gasteiger partial charge >= 0.3 is 5.97 Å². The van der Waals surface area contributed by atoms with Crippen molar-refractivity contribution < 1.29 is 33.7 Å². The topological polar surface area (TPSA) is 141 Å². The van der Waals surface area contributed by atoms with Crippen molar-refractivity contribution in [3.8, 4) is 34.1 Å². The lowest BCUT2D eigenvalue weighted by Gasteiger charge is -2.28. The number of carboxylic acid groups (broad SMARTS) is 1. The van der Waals surface area contributed by atoms with Gasteiger partial charge in [-0.25, -0.2) is 4.79 Å². The maximum atomic E-state index is 13.6. The number of hydrogen-bond acceptors (Lipinski definition) is 7. The fraction of sp³-hybridized carbons (Fsp3) is 0.206. The molecule has 3 aromatic carbocycles. The van der Waals surface area contributed by atoms with Crippen LogP contribution in [-0.2, 0) is 4.79 Å². The predicted octanol–water partition coefficient (Wildman–Crippen LogP) is 6.36. The maximum Gasteiger partial charge on any atom is 0.335 e. The first-order chi connectivity index (χ1) is 20.8. The van der Waals surface area contributed by atoms with Gasteiger partial charge in [0.1, 0.15) is 39.7 Å². The summed E-state index contributed by atoms with van der Waals surface area (Å²) in [5.41, 5.74) is 0.986. The molecule has 1 aliphatic heterocycles. The number of rotatable bonds is 7. The second kappa shape index (κ2) is 11.5. The lowest BCUT2D eigenvalue weighted by molar-refractivity contribution is -0.132. The van der Waals surface area contributed by atoms with Crippen LogP contribution in [-0.4, -0.2) is 45.2 Å². The Hall–Kier alpha value is -5.31. The molecule has 1 saturated heterocycles. The van der Waals surface area contributed by atoms with Crippen molar-refractivity contribution >= 4 is 22.8 Å². The molecule has 3 heterocycles. The number of carboxylic acids is 1. The van der Waals surface area contributed by atoms with E-state index in [2.05, 4.69) is 0 Å². The van der Waals surface area contributed by atoms with E-state index in [1.54, 1.807) is 53.4 Å². The first kappa shape index (κ1) is 27.8. The number of furan rings is 1. The number of fused-ring (bicyclic) bond motifs is 1. The molecular weight excluding hydrogens is 550 g/mol. The Morgan fingerprint density at radius 2 is 1.49 bits per heavy atom. The Kier molecular flexibility index (Phi) is 7.46. The number of phenols is 2. The summed E-state index contributed by atoms with van der Waals surface area (Å²) in [5.74, 6) is -1.86. The van der Waals surface area contributed by atoms with E-state index in [9.17, 15) is 29.7 Å². The van der Waals surface area contributed by atoms with Gasteiger partial charge in [-0.3, -0.25) is 9.59 Å². The standard InChI is InChI=1S/C34H29NO8/c36-24-18-25(37)32-26(38)19-29(20-7-3-1-4-8-20)43-33(32)31(24)23(17-30(39)35-15-5-2-6-16-35)28-14-13-27(42-28)21-9-11-22(12-10-21)34(40)41/h1,3-4,7-14,18-19,23,36-37H,2,5-6,15-17H2,(H,40,41)/t23-/m1/s1. The van der Waals surface area contributed by atoms with Gasteiger partial charge < -0.3 is 29.1 Å². The molecule has 6 rings (SSSR count). The summed E-state index contributed by atoms with van der Waals surface area (Å²) < 4.78 is 12.5. The molecule has 1 aliphatic rings. The molecular formula is C34H29NO8. The number of phenolic OH excluding ortho intramolecular Hbond substituents is 2. The minimum absolute atomic E-state index is 0.0379. The number of aromatic carboxylic acids is 1. The summed E-state index contributed by atoms with van der Waals surface area (Å²) in [6, 6.07) is 20.9. The summed E-state index contributed by atoms with van der Waals surface area (Å²) in [4.78, 5) is 40.0. The van der Waals surface area contributed by atoms with Crippen LogP contribution in [0.4, 0.5) is 0 Å². The van der Waals surface area contributed by atoms with Crippen molar-refractivity contribution in [3.63, 3.8) is 0 Å². The molecule has 3 N–H and O–H groups in total. The Bertz CT molecular complexity index is 1870. The van der Waals surface area contributed by atoms with E-state index in [4.69, 9.17) is 8.83 Å². The molecule has 0 bridgehead atoms. The SMILES string of the molecule is O=C(O)c1ccc(-c2ccc([C@@H](CC(=O)N3CCCCC3)c3c(O)cc(O)c4c(=O)cc(-c5ccccc5)oc34)o2)cc1. The summed E-state index contributed by atoms with van der Waals surface area (Å²) in [5, 5.41) is 31.1. The van der Waals surface area contributed by atoms with Crippen LogP contribution in [0.25, 0.3) is 33.6 Å².